The number of aliphatic hydroxyl groups is 1. The van der Waals surface area contributed by atoms with Crippen LogP contribution in [0.3, 0.4) is 0 Å². The first-order valence-electron chi connectivity index (χ1n) is 10.9. The molecule has 0 radical (unpaired) electrons. The third-order valence-electron chi connectivity index (χ3n) is 5.97. The van der Waals surface area contributed by atoms with Gasteiger partial charge in [0.25, 0.3) is 0 Å². The van der Waals surface area contributed by atoms with Crippen LogP contribution in [0.25, 0.3) is 0 Å². The van der Waals surface area contributed by atoms with Gasteiger partial charge in [-0.1, -0.05) is 23.8 Å². The molecule has 0 saturated heterocycles. The summed E-state index contributed by atoms with van der Waals surface area (Å²) >= 11 is 0. The number of allylic oxidation sites excluding steroid dienone is 2. The Balaban J connectivity index is 1.85. The Labute approximate surface area is 198 Å². The summed E-state index contributed by atoms with van der Waals surface area (Å²) in [6.07, 6.45) is 1.64. The summed E-state index contributed by atoms with van der Waals surface area (Å²) in [6.45, 7) is 7.38. The molecule has 0 amide bonds. The van der Waals surface area contributed by atoms with Gasteiger partial charge in [-0.25, -0.2) is 0 Å². The molecule has 182 valence electrons. The predicted octanol–water partition coefficient (Wildman–Crippen LogP) is 4.43. The molecule has 8 nitrogen and oxygen atoms in total. The van der Waals surface area contributed by atoms with Crippen molar-refractivity contribution < 1.29 is 39.8 Å². The van der Waals surface area contributed by atoms with Crippen LogP contribution < -0.4 is 9.47 Å². The lowest BCUT2D eigenvalue weighted by molar-refractivity contribution is 0.0843. The summed E-state index contributed by atoms with van der Waals surface area (Å²) in [7, 11) is 1.33. The molecule has 2 atom stereocenters. The highest BCUT2D eigenvalue weighted by atomic mass is 16.5. The topological polar surface area (TPSA) is 137 Å². The number of ketones is 1. The standard InChI is InChI=1S/C26H30O8/c1-13(2)17(27)8-6-14(3)5-7-16-18(28)11-22-24(25(16)31)19(29)12-21(34-22)15-9-20(30)26(32)23(10-15)33-4/h5,9-11,17,21,27-28,30-32H,1,6-8,12H2,2-4H3. The van der Waals surface area contributed by atoms with Gasteiger partial charge in [-0.15, -0.1) is 0 Å². The fraction of sp³-hybridized carbons (Fsp3) is 0.346. The Morgan fingerprint density at radius 1 is 1.18 bits per heavy atom. The van der Waals surface area contributed by atoms with Crippen molar-refractivity contribution in [2.45, 2.75) is 51.7 Å². The summed E-state index contributed by atoms with van der Waals surface area (Å²) in [5.41, 5.74) is 2.24. The second-order valence-electron chi connectivity index (χ2n) is 8.58. The molecule has 0 aliphatic carbocycles. The maximum absolute atomic E-state index is 12.9. The number of fused-ring (bicyclic) bond motifs is 1. The molecule has 1 heterocycles. The SMILES string of the molecule is C=C(C)C(O)CCC(C)=CCc1c(O)cc2c(c1O)C(=O)CC(c1cc(O)c(O)c(OC)c1)O2. The molecule has 8 heteroatoms. The van der Waals surface area contributed by atoms with E-state index in [-0.39, 0.29) is 52.7 Å². The second kappa shape index (κ2) is 10.1. The van der Waals surface area contributed by atoms with Gasteiger partial charge in [0.2, 0.25) is 5.75 Å². The van der Waals surface area contributed by atoms with Crippen LogP contribution in [-0.4, -0.2) is 44.5 Å². The van der Waals surface area contributed by atoms with E-state index in [1.165, 1.54) is 25.3 Å². The third-order valence-corrected chi connectivity index (χ3v) is 5.97. The summed E-state index contributed by atoms with van der Waals surface area (Å²) in [5, 5.41) is 51.0. The number of hydrogen-bond donors (Lipinski definition) is 5. The first kappa shape index (κ1) is 25.0. The van der Waals surface area contributed by atoms with Crippen LogP contribution in [0, 0.1) is 0 Å². The lowest BCUT2D eigenvalue weighted by Crippen LogP contribution is -2.21. The van der Waals surface area contributed by atoms with Gasteiger partial charge in [-0.05, 0) is 45.2 Å². The zero-order valence-corrected chi connectivity index (χ0v) is 19.5. The van der Waals surface area contributed by atoms with Gasteiger partial charge < -0.3 is 35.0 Å². The predicted molar refractivity (Wildman–Crippen MR) is 126 cm³/mol. The summed E-state index contributed by atoms with van der Waals surface area (Å²) in [5.74, 6) is -1.74. The van der Waals surface area contributed by atoms with Gasteiger partial charge in [-0.3, -0.25) is 4.79 Å². The fourth-order valence-electron chi connectivity index (χ4n) is 3.83. The van der Waals surface area contributed by atoms with Crippen LogP contribution in [-0.2, 0) is 6.42 Å². The van der Waals surface area contributed by atoms with E-state index in [0.717, 1.165) is 5.57 Å². The van der Waals surface area contributed by atoms with Crippen LogP contribution in [0.1, 0.15) is 60.7 Å². The molecule has 0 fully saturated rings. The maximum atomic E-state index is 12.9. The van der Waals surface area contributed by atoms with Crippen molar-refractivity contribution in [1.29, 1.82) is 0 Å². The van der Waals surface area contributed by atoms with Crippen LogP contribution >= 0.6 is 0 Å². The van der Waals surface area contributed by atoms with Crippen molar-refractivity contribution in [3.63, 3.8) is 0 Å². The smallest absolute Gasteiger partial charge is 0.200 e. The second-order valence-corrected chi connectivity index (χ2v) is 8.58. The summed E-state index contributed by atoms with van der Waals surface area (Å²) in [6, 6.07) is 4.01. The molecule has 5 N–H and O–H groups in total. The van der Waals surface area contributed by atoms with Gasteiger partial charge in [0, 0.05) is 17.2 Å². The van der Waals surface area contributed by atoms with E-state index in [1.807, 2.05) is 13.0 Å². The number of methoxy groups -OCH3 is 1. The van der Waals surface area contributed by atoms with E-state index in [4.69, 9.17) is 9.47 Å². The highest BCUT2D eigenvalue weighted by Crippen LogP contribution is 2.46. The monoisotopic (exact) mass is 470 g/mol. The Hall–Kier alpha value is -3.65. The quantitative estimate of drug-likeness (QED) is 0.282. The lowest BCUT2D eigenvalue weighted by atomic mass is 9.92. The number of ether oxygens (including phenoxy) is 2. The van der Waals surface area contributed by atoms with Crippen molar-refractivity contribution in [3.8, 4) is 34.5 Å². The molecule has 34 heavy (non-hydrogen) atoms. The van der Waals surface area contributed by atoms with Crippen molar-refractivity contribution >= 4 is 5.78 Å². The van der Waals surface area contributed by atoms with E-state index in [1.54, 1.807) is 6.92 Å². The van der Waals surface area contributed by atoms with Gasteiger partial charge in [0.1, 0.15) is 28.9 Å². The zero-order valence-electron chi connectivity index (χ0n) is 19.5. The Kier molecular flexibility index (Phi) is 7.41. The average Bonchev–Trinajstić information content (AvgIpc) is 2.78. The van der Waals surface area contributed by atoms with E-state index >= 15 is 0 Å². The largest absolute Gasteiger partial charge is 0.507 e. The van der Waals surface area contributed by atoms with Crippen molar-refractivity contribution in [1.82, 2.24) is 0 Å². The normalized spacial score (nSPS) is 16.5. The van der Waals surface area contributed by atoms with Crippen molar-refractivity contribution in [3.05, 3.63) is 58.7 Å². The van der Waals surface area contributed by atoms with Gasteiger partial charge in [0.15, 0.2) is 17.3 Å². The molecule has 0 bridgehead atoms. The molecule has 0 spiro atoms. The van der Waals surface area contributed by atoms with Crippen molar-refractivity contribution in [2.24, 2.45) is 0 Å². The lowest BCUT2D eigenvalue weighted by Gasteiger charge is -2.27. The molecule has 2 unspecified atom stereocenters. The number of rotatable bonds is 8. The molecule has 1 aliphatic rings. The van der Waals surface area contributed by atoms with E-state index in [9.17, 15) is 30.3 Å². The number of benzene rings is 2. The Bertz CT molecular complexity index is 1150. The van der Waals surface area contributed by atoms with Crippen LogP contribution in [0.2, 0.25) is 0 Å². The van der Waals surface area contributed by atoms with Gasteiger partial charge in [-0.2, -0.15) is 0 Å². The number of carbonyl (C=O) groups is 1. The third kappa shape index (κ3) is 5.12. The van der Waals surface area contributed by atoms with Gasteiger partial charge in [0.05, 0.1) is 19.6 Å². The fourth-order valence-corrected chi connectivity index (χ4v) is 3.83. The zero-order chi connectivity index (χ0) is 25.2. The molecule has 0 saturated carbocycles. The van der Waals surface area contributed by atoms with Crippen molar-refractivity contribution in [2.75, 3.05) is 7.11 Å². The van der Waals surface area contributed by atoms with Crippen LogP contribution in [0.4, 0.5) is 0 Å². The first-order valence-corrected chi connectivity index (χ1v) is 10.9. The number of hydrogen-bond acceptors (Lipinski definition) is 8. The van der Waals surface area contributed by atoms with Crippen LogP contribution in [0.5, 0.6) is 34.5 Å². The highest BCUT2D eigenvalue weighted by Gasteiger charge is 2.33. The number of Topliss-reactive ketones (excluding diaryl/α,β-unsaturated/α-hetero) is 1. The Morgan fingerprint density at radius 3 is 2.53 bits per heavy atom. The molecule has 0 aromatic heterocycles. The van der Waals surface area contributed by atoms with E-state index in [0.29, 0.717) is 24.0 Å². The number of aliphatic hydroxyl groups excluding tert-OH is 1. The number of carbonyl (C=O) groups excluding carboxylic acids is 1. The molecular formula is C26H30O8. The molecule has 3 rings (SSSR count). The van der Waals surface area contributed by atoms with E-state index in [2.05, 4.69) is 6.58 Å². The van der Waals surface area contributed by atoms with Gasteiger partial charge >= 0.3 is 0 Å². The number of phenolic OH excluding ortho intramolecular Hbond substituents is 4. The number of aromatic hydroxyl groups is 4. The molecule has 2 aromatic rings. The summed E-state index contributed by atoms with van der Waals surface area (Å²) in [4.78, 5) is 12.9. The molecule has 2 aromatic carbocycles. The number of phenols is 4. The highest BCUT2D eigenvalue weighted by molar-refractivity contribution is 6.03. The first-order chi connectivity index (χ1) is 16.0. The Morgan fingerprint density at radius 2 is 1.88 bits per heavy atom. The van der Waals surface area contributed by atoms with Crippen LogP contribution in [0.15, 0.2) is 42.0 Å². The minimum Gasteiger partial charge on any atom is -0.507 e. The minimum absolute atomic E-state index is 0.0113. The average molecular weight is 471 g/mol. The molecule has 1 aliphatic heterocycles. The van der Waals surface area contributed by atoms with E-state index < -0.39 is 23.7 Å². The maximum Gasteiger partial charge on any atom is 0.200 e. The minimum atomic E-state index is -0.813. The summed E-state index contributed by atoms with van der Waals surface area (Å²) < 4.78 is 10.9. The molecular weight excluding hydrogens is 440 g/mol.